The maximum Gasteiger partial charge on any atom is 0.260 e. The number of rotatable bonds is 4. The number of carbonyl (C=O) groups excluding carboxylic acids is 1. The lowest BCUT2D eigenvalue weighted by atomic mass is 9.90. The molecule has 1 amide bonds. The Labute approximate surface area is 161 Å². The Hall–Kier alpha value is -2.99. The number of fused-ring (bicyclic) bond motifs is 1. The number of phenolic OH excluding ortho intramolecular Hbond substituents is 1. The molecule has 0 saturated heterocycles. The molecule has 2 aromatic carbocycles. The topological polar surface area (TPSA) is 78.5 Å². The van der Waals surface area contributed by atoms with Gasteiger partial charge in [-0.25, -0.2) is 4.98 Å². The number of phenols is 1. The van der Waals surface area contributed by atoms with Crippen LogP contribution in [0.4, 0.5) is 0 Å². The molecule has 1 atom stereocenters. The molecule has 0 bridgehead atoms. The average molecular weight is 384 g/mol. The Morgan fingerprint density at radius 3 is 2.96 bits per heavy atom. The van der Waals surface area contributed by atoms with Gasteiger partial charge < -0.3 is 19.7 Å². The number of halogens is 1. The lowest BCUT2D eigenvalue weighted by molar-refractivity contribution is -0.134. The highest BCUT2D eigenvalue weighted by Crippen LogP contribution is 2.32. The van der Waals surface area contributed by atoms with Crippen molar-refractivity contribution in [3.63, 3.8) is 0 Å². The highest BCUT2D eigenvalue weighted by molar-refractivity contribution is 6.30. The van der Waals surface area contributed by atoms with E-state index < -0.39 is 0 Å². The van der Waals surface area contributed by atoms with Gasteiger partial charge >= 0.3 is 0 Å². The Balaban J connectivity index is 1.51. The molecule has 27 heavy (non-hydrogen) atoms. The monoisotopic (exact) mass is 383 g/mol. The fourth-order valence-electron chi connectivity index (χ4n) is 3.31. The lowest BCUT2D eigenvalue weighted by Gasteiger charge is -2.32. The van der Waals surface area contributed by atoms with Gasteiger partial charge in [0, 0.05) is 17.5 Å². The third kappa shape index (κ3) is 3.75. The van der Waals surface area contributed by atoms with Crippen molar-refractivity contribution in [3.05, 3.63) is 76.8 Å². The normalized spacial score (nSPS) is 16.0. The highest BCUT2D eigenvalue weighted by Gasteiger charge is 2.31. The number of nitrogens with zero attached hydrogens (tertiary/aromatic N) is 2. The number of hydrogen-bond donors (Lipinski definition) is 2. The van der Waals surface area contributed by atoms with Crippen LogP contribution in [0.3, 0.4) is 0 Å². The highest BCUT2D eigenvalue weighted by atomic mass is 35.5. The van der Waals surface area contributed by atoms with Crippen LogP contribution in [0, 0.1) is 0 Å². The van der Waals surface area contributed by atoms with E-state index in [-0.39, 0.29) is 24.2 Å². The SMILES string of the molecule is O=C(COc1cccc(Cl)c1)N1Cc2[nH]cnc2C(c2cccc(O)c2)C1. The largest absolute Gasteiger partial charge is 0.508 e. The number of hydrogen-bond acceptors (Lipinski definition) is 4. The first-order chi connectivity index (χ1) is 13.1. The van der Waals surface area contributed by atoms with Crippen LogP contribution >= 0.6 is 11.6 Å². The number of aromatic amines is 1. The summed E-state index contributed by atoms with van der Waals surface area (Å²) in [6.07, 6.45) is 1.64. The molecule has 1 aliphatic heterocycles. The van der Waals surface area contributed by atoms with Crippen LogP contribution in [0.5, 0.6) is 11.5 Å². The van der Waals surface area contributed by atoms with Crippen LogP contribution in [0.15, 0.2) is 54.9 Å². The van der Waals surface area contributed by atoms with E-state index in [1.807, 2.05) is 6.07 Å². The van der Waals surface area contributed by atoms with Gasteiger partial charge in [0.25, 0.3) is 5.91 Å². The van der Waals surface area contributed by atoms with Crippen molar-refractivity contribution in [2.24, 2.45) is 0 Å². The van der Waals surface area contributed by atoms with Gasteiger partial charge in [0.15, 0.2) is 6.61 Å². The van der Waals surface area contributed by atoms with Gasteiger partial charge in [0.2, 0.25) is 0 Å². The average Bonchev–Trinajstić information content (AvgIpc) is 3.14. The molecular weight excluding hydrogens is 366 g/mol. The van der Waals surface area contributed by atoms with Gasteiger partial charge in [0.05, 0.1) is 24.3 Å². The summed E-state index contributed by atoms with van der Waals surface area (Å²) in [7, 11) is 0. The maximum atomic E-state index is 12.7. The number of aromatic hydroxyl groups is 1. The molecule has 2 N–H and O–H groups in total. The molecule has 6 nitrogen and oxygen atoms in total. The summed E-state index contributed by atoms with van der Waals surface area (Å²) in [6.45, 7) is 0.845. The molecular formula is C20H18ClN3O3. The Kier molecular flexibility index (Phi) is 4.73. The predicted molar refractivity (Wildman–Crippen MR) is 101 cm³/mol. The first-order valence-corrected chi connectivity index (χ1v) is 8.95. The van der Waals surface area contributed by atoms with Crippen LogP contribution in [0.25, 0.3) is 0 Å². The molecule has 0 spiro atoms. The quantitative estimate of drug-likeness (QED) is 0.724. The van der Waals surface area contributed by atoms with E-state index in [9.17, 15) is 9.90 Å². The van der Waals surface area contributed by atoms with Crippen molar-refractivity contribution >= 4 is 17.5 Å². The third-order valence-electron chi connectivity index (χ3n) is 4.62. The number of amides is 1. The molecule has 1 aromatic heterocycles. The second kappa shape index (κ2) is 7.32. The minimum absolute atomic E-state index is 0.0728. The van der Waals surface area contributed by atoms with Crippen molar-refractivity contribution in [2.75, 3.05) is 13.2 Å². The van der Waals surface area contributed by atoms with Crippen molar-refractivity contribution in [3.8, 4) is 11.5 Å². The predicted octanol–water partition coefficient (Wildman–Crippen LogP) is 3.32. The van der Waals surface area contributed by atoms with Gasteiger partial charge in [-0.2, -0.15) is 0 Å². The zero-order valence-corrected chi connectivity index (χ0v) is 15.2. The van der Waals surface area contributed by atoms with Gasteiger partial charge in [-0.15, -0.1) is 0 Å². The summed E-state index contributed by atoms with van der Waals surface area (Å²) in [5.41, 5.74) is 2.71. The molecule has 7 heteroatoms. The van der Waals surface area contributed by atoms with E-state index in [0.717, 1.165) is 17.0 Å². The zero-order valence-electron chi connectivity index (χ0n) is 14.4. The van der Waals surface area contributed by atoms with E-state index in [0.29, 0.717) is 23.9 Å². The first-order valence-electron chi connectivity index (χ1n) is 8.57. The summed E-state index contributed by atoms with van der Waals surface area (Å²) in [5.74, 6) is 0.513. The minimum Gasteiger partial charge on any atom is -0.508 e. The molecule has 3 aromatic rings. The Morgan fingerprint density at radius 1 is 1.30 bits per heavy atom. The number of benzene rings is 2. The van der Waals surface area contributed by atoms with Crippen LogP contribution in [0.1, 0.15) is 22.9 Å². The smallest absolute Gasteiger partial charge is 0.260 e. The number of H-pyrrole nitrogens is 1. The molecule has 4 rings (SSSR count). The molecule has 1 aliphatic rings. The summed E-state index contributed by atoms with van der Waals surface area (Å²) < 4.78 is 5.59. The third-order valence-corrected chi connectivity index (χ3v) is 4.85. The first kappa shape index (κ1) is 17.4. The zero-order chi connectivity index (χ0) is 18.8. The molecule has 138 valence electrons. The summed E-state index contributed by atoms with van der Waals surface area (Å²) >= 11 is 5.95. The van der Waals surface area contributed by atoms with Crippen molar-refractivity contribution in [1.82, 2.24) is 14.9 Å². The van der Waals surface area contributed by atoms with Gasteiger partial charge in [-0.1, -0.05) is 29.8 Å². The number of ether oxygens (including phenoxy) is 1. The number of nitrogens with one attached hydrogen (secondary N) is 1. The van der Waals surface area contributed by atoms with Crippen molar-refractivity contribution < 1.29 is 14.6 Å². The summed E-state index contributed by atoms with van der Waals surface area (Å²) in [6, 6.07) is 14.0. The molecule has 0 aliphatic carbocycles. The molecule has 0 radical (unpaired) electrons. The van der Waals surface area contributed by atoms with Crippen LogP contribution in [0.2, 0.25) is 5.02 Å². The molecule has 0 saturated carbocycles. The van der Waals surface area contributed by atoms with Crippen LogP contribution in [-0.4, -0.2) is 39.0 Å². The molecule has 1 unspecified atom stereocenters. The molecule has 2 heterocycles. The number of carbonyl (C=O) groups is 1. The van der Waals surface area contributed by atoms with Crippen LogP contribution < -0.4 is 4.74 Å². The second-order valence-electron chi connectivity index (χ2n) is 6.43. The van der Waals surface area contributed by atoms with Gasteiger partial charge in [0.1, 0.15) is 11.5 Å². The number of imidazole rings is 1. The second-order valence-corrected chi connectivity index (χ2v) is 6.87. The molecule has 0 fully saturated rings. The van der Waals surface area contributed by atoms with E-state index in [1.54, 1.807) is 53.7 Å². The maximum absolute atomic E-state index is 12.7. The Morgan fingerprint density at radius 2 is 2.15 bits per heavy atom. The van der Waals surface area contributed by atoms with E-state index >= 15 is 0 Å². The van der Waals surface area contributed by atoms with Crippen molar-refractivity contribution in [1.29, 1.82) is 0 Å². The van der Waals surface area contributed by atoms with E-state index in [4.69, 9.17) is 16.3 Å². The summed E-state index contributed by atoms with van der Waals surface area (Å²) in [5, 5.41) is 10.4. The fraction of sp³-hybridized carbons (Fsp3) is 0.200. The number of aromatic nitrogens is 2. The van der Waals surface area contributed by atoms with E-state index in [2.05, 4.69) is 9.97 Å². The fourth-order valence-corrected chi connectivity index (χ4v) is 3.49. The summed E-state index contributed by atoms with van der Waals surface area (Å²) in [4.78, 5) is 22.0. The Bertz CT molecular complexity index is 972. The minimum atomic E-state index is -0.125. The standard InChI is InChI=1S/C20H18ClN3O3/c21-14-4-2-6-16(8-14)27-11-19(26)24-9-17(13-3-1-5-15(25)7-13)20-18(10-24)22-12-23-20/h1-8,12,17,25H,9-11H2,(H,22,23). The lowest BCUT2D eigenvalue weighted by Crippen LogP contribution is -2.41. The van der Waals surface area contributed by atoms with Crippen molar-refractivity contribution in [2.45, 2.75) is 12.5 Å². The van der Waals surface area contributed by atoms with Gasteiger partial charge in [-0.05, 0) is 35.9 Å². The van der Waals surface area contributed by atoms with Crippen LogP contribution in [-0.2, 0) is 11.3 Å². The van der Waals surface area contributed by atoms with Gasteiger partial charge in [-0.3, -0.25) is 4.79 Å². The van der Waals surface area contributed by atoms with E-state index in [1.165, 1.54) is 0 Å².